The summed E-state index contributed by atoms with van der Waals surface area (Å²) < 4.78 is 43.3. The van der Waals surface area contributed by atoms with Crippen molar-refractivity contribution >= 4 is 23.2 Å². The average Bonchev–Trinajstić information content (AvgIpc) is 3.42. The molecule has 0 aromatic carbocycles. The number of ether oxygens (including phenoxy) is 1. The quantitative estimate of drug-likeness (QED) is 0.598. The van der Waals surface area contributed by atoms with Crippen LogP contribution < -0.4 is 10.2 Å². The Hall–Kier alpha value is -3.70. The maximum atomic E-state index is 12.5. The van der Waals surface area contributed by atoms with Gasteiger partial charge in [0.2, 0.25) is 5.82 Å². The van der Waals surface area contributed by atoms with Gasteiger partial charge in [0.1, 0.15) is 6.10 Å². The molecule has 3 aromatic heterocycles. The fourth-order valence-electron chi connectivity index (χ4n) is 3.48. The standard InChI is InChI=1S/C20H19F3N6O3/c1-12(32-19(31)20(21,22)23)13-9-25-16(26-10-13)18(30)27-14-4-7-29(11-14)17-15-3-2-6-28(15)8-5-24-17/h2-3,5-6,8-10,12,14H,4,7,11H2,1H3,(H,27,30)/t12?,14-/m0/s1. The highest BCUT2D eigenvalue weighted by Crippen LogP contribution is 2.24. The Kier molecular flexibility index (Phi) is 5.68. The van der Waals surface area contributed by atoms with E-state index in [4.69, 9.17) is 0 Å². The van der Waals surface area contributed by atoms with Gasteiger partial charge in [-0.2, -0.15) is 13.2 Å². The second-order valence-electron chi connectivity index (χ2n) is 7.34. The molecule has 0 saturated carbocycles. The maximum absolute atomic E-state index is 12.5. The molecule has 1 saturated heterocycles. The summed E-state index contributed by atoms with van der Waals surface area (Å²) in [5.41, 5.74) is 1.11. The van der Waals surface area contributed by atoms with E-state index in [0.29, 0.717) is 19.5 Å². The Balaban J connectivity index is 1.35. The molecule has 1 N–H and O–H groups in total. The monoisotopic (exact) mass is 448 g/mol. The van der Waals surface area contributed by atoms with Gasteiger partial charge in [0.15, 0.2) is 5.82 Å². The maximum Gasteiger partial charge on any atom is 0.490 e. The third-order valence-electron chi connectivity index (χ3n) is 5.11. The first-order valence-electron chi connectivity index (χ1n) is 9.79. The molecule has 1 unspecified atom stereocenters. The normalized spacial score (nSPS) is 17.4. The van der Waals surface area contributed by atoms with E-state index in [2.05, 4.69) is 29.9 Å². The zero-order chi connectivity index (χ0) is 22.9. The highest BCUT2D eigenvalue weighted by atomic mass is 19.4. The summed E-state index contributed by atoms with van der Waals surface area (Å²) in [5, 5.41) is 2.86. The van der Waals surface area contributed by atoms with Gasteiger partial charge in [-0.3, -0.25) is 4.79 Å². The van der Waals surface area contributed by atoms with Gasteiger partial charge in [-0.15, -0.1) is 0 Å². The van der Waals surface area contributed by atoms with Crippen LogP contribution in [0.15, 0.2) is 43.1 Å². The van der Waals surface area contributed by atoms with E-state index in [-0.39, 0.29) is 17.4 Å². The van der Waals surface area contributed by atoms with E-state index in [9.17, 15) is 22.8 Å². The van der Waals surface area contributed by atoms with Crippen molar-refractivity contribution in [2.24, 2.45) is 0 Å². The van der Waals surface area contributed by atoms with Crippen molar-refractivity contribution in [1.29, 1.82) is 0 Å². The fraction of sp³-hybridized carbons (Fsp3) is 0.350. The largest absolute Gasteiger partial charge is 0.490 e. The molecule has 0 spiro atoms. The lowest BCUT2D eigenvalue weighted by molar-refractivity contribution is -0.204. The van der Waals surface area contributed by atoms with Crippen LogP contribution in [-0.2, 0) is 9.53 Å². The Morgan fingerprint density at radius 2 is 1.97 bits per heavy atom. The first kappa shape index (κ1) is 21.5. The van der Waals surface area contributed by atoms with Crippen LogP contribution >= 0.6 is 0 Å². The lowest BCUT2D eigenvalue weighted by Crippen LogP contribution is -2.38. The Morgan fingerprint density at radius 1 is 1.22 bits per heavy atom. The van der Waals surface area contributed by atoms with Crippen LogP contribution in [0.3, 0.4) is 0 Å². The third-order valence-corrected chi connectivity index (χ3v) is 5.11. The number of rotatable bonds is 5. The molecule has 3 aromatic rings. The summed E-state index contributed by atoms with van der Waals surface area (Å²) in [6.45, 7) is 2.53. The van der Waals surface area contributed by atoms with E-state index < -0.39 is 24.2 Å². The van der Waals surface area contributed by atoms with Crippen molar-refractivity contribution in [3.8, 4) is 0 Å². The first-order chi connectivity index (χ1) is 15.2. The number of halogens is 3. The van der Waals surface area contributed by atoms with Crippen molar-refractivity contribution in [2.75, 3.05) is 18.0 Å². The lowest BCUT2D eigenvalue weighted by atomic mass is 10.2. The van der Waals surface area contributed by atoms with Crippen molar-refractivity contribution in [2.45, 2.75) is 31.7 Å². The van der Waals surface area contributed by atoms with Crippen LogP contribution in [0, 0.1) is 0 Å². The minimum Gasteiger partial charge on any atom is -0.451 e. The Morgan fingerprint density at radius 3 is 2.69 bits per heavy atom. The summed E-state index contributed by atoms with van der Waals surface area (Å²) in [4.78, 5) is 37.8. The molecule has 4 heterocycles. The molecule has 32 heavy (non-hydrogen) atoms. The van der Waals surface area contributed by atoms with Gasteiger partial charge in [-0.1, -0.05) is 0 Å². The summed E-state index contributed by atoms with van der Waals surface area (Å²) in [6, 6.07) is 3.76. The molecule has 168 valence electrons. The topological polar surface area (TPSA) is 102 Å². The predicted molar refractivity (Wildman–Crippen MR) is 106 cm³/mol. The van der Waals surface area contributed by atoms with Gasteiger partial charge in [0, 0.05) is 55.7 Å². The molecule has 1 amide bonds. The van der Waals surface area contributed by atoms with Crippen LogP contribution in [-0.4, -0.2) is 56.5 Å². The first-order valence-corrected chi connectivity index (χ1v) is 9.79. The zero-order valence-corrected chi connectivity index (χ0v) is 16.9. The van der Waals surface area contributed by atoms with Crippen LogP contribution in [0.2, 0.25) is 0 Å². The van der Waals surface area contributed by atoms with Gasteiger partial charge in [0.25, 0.3) is 5.91 Å². The number of anilines is 1. The lowest BCUT2D eigenvalue weighted by Gasteiger charge is -2.19. The van der Waals surface area contributed by atoms with E-state index >= 15 is 0 Å². The van der Waals surface area contributed by atoms with E-state index in [1.165, 1.54) is 6.92 Å². The minimum absolute atomic E-state index is 0.131. The van der Waals surface area contributed by atoms with Crippen LogP contribution in [0.5, 0.6) is 0 Å². The number of hydrogen-bond acceptors (Lipinski definition) is 7. The molecule has 0 bridgehead atoms. The highest BCUT2D eigenvalue weighted by molar-refractivity contribution is 5.90. The fourth-order valence-corrected chi connectivity index (χ4v) is 3.48. The highest BCUT2D eigenvalue weighted by Gasteiger charge is 2.42. The van der Waals surface area contributed by atoms with E-state index in [0.717, 1.165) is 23.7 Å². The molecule has 1 aliphatic heterocycles. The molecule has 1 aliphatic rings. The predicted octanol–water partition coefficient (Wildman–Crippen LogP) is 2.30. The summed E-state index contributed by atoms with van der Waals surface area (Å²) in [7, 11) is 0. The number of fused-ring (bicyclic) bond motifs is 1. The van der Waals surface area contributed by atoms with Crippen molar-refractivity contribution in [1.82, 2.24) is 24.7 Å². The van der Waals surface area contributed by atoms with Gasteiger partial charge in [0.05, 0.1) is 5.52 Å². The molecule has 9 nitrogen and oxygen atoms in total. The Bertz CT molecular complexity index is 1130. The van der Waals surface area contributed by atoms with Gasteiger partial charge < -0.3 is 19.4 Å². The van der Waals surface area contributed by atoms with Crippen LogP contribution in [0.1, 0.15) is 35.6 Å². The molecule has 1 fully saturated rings. The van der Waals surface area contributed by atoms with E-state index in [1.807, 2.05) is 28.9 Å². The van der Waals surface area contributed by atoms with Crippen molar-refractivity contribution in [3.63, 3.8) is 0 Å². The smallest absolute Gasteiger partial charge is 0.451 e. The van der Waals surface area contributed by atoms with Crippen LogP contribution in [0.25, 0.3) is 5.52 Å². The number of aromatic nitrogens is 4. The summed E-state index contributed by atoms with van der Waals surface area (Å²) >= 11 is 0. The van der Waals surface area contributed by atoms with Gasteiger partial charge in [-0.25, -0.2) is 19.7 Å². The third kappa shape index (κ3) is 4.48. The molecule has 4 rings (SSSR count). The molecule has 0 radical (unpaired) electrons. The number of alkyl halides is 3. The molecule has 2 atom stereocenters. The second-order valence-corrected chi connectivity index (χ2v) is 7.34. The summed E-state index contributed by atoms with van der Waals surface area (Å²) in [5.74, 6) is -2.11. The number of carbonyl (C=O) groups is 2. The average molecular weight is 448 g/mol. The number of carbonyl (C=O) groups excluding carboxylic acids is 2. The molecule has 0 aliphatic carbocycles. The molecular weight excluding hydrogens is 429 g/mol. The van der Waals surface area contributed by atoms with Gasteiger partial charge >= 0.3 is 12.1 Å². The van der Waals surface area contributed by atoms with Gasteiger partial charge in [-0.05, 0) is 25.5 Å². The minimum atomic E-state index is -5.09. The SMILES string of the molecule is CC(OC(=O)C(F)(F)F)c1cnc(C(=O)N[C@H]2CCN(c3nccn4cccc34)C2)nc1. The zero-order valence-electron chi connectivity index (χ0n) is 16.9. The number of nitrogens with one attached hydrogen (secondary N) is 1. The van der Waals surface area contributed by atoms with Crippen molar-refractivity contribution in [3.05, 3.63) is 54.5 Å². The van der Waals surface area contributed by atoms with Crippen LogP contribution in [0.4, 0.5) is 19.0 Å². The van der Waals surface area contributed by atoms with Crippen molar-refractivity contribution < 1.29 is 27.5 Å². The number of nitrogens with zero attached hydrogens (tertiary/aromatic N) is 5. The molecular formula is C20H19F3N6O3. The molecule has 12 heteroatoms. The number of amides is 1. The number of hydrogen-bond donors (Lipinski definition) is 1. The Labute approximate surface area is 180 Å². The van der Waals surface area contributed by atoms with E-state index in [1.54, 1.807) is 6.20 Å². The number of esters is 1. The summed E-state index contributed by atoms with van der Waals surface area (Å²) in [6.07, 6.45) is 2.24. The second kappa shape index (κ2) is 8.44.